The van der Waals surface area contributed by atoms with Crippen molar-refractivity contribution in [3.8, 4) is 0 Å². The Morgan fingerprint density at radius 2 is 1.81 bits per heavy atom. The van der Waals surface area contributed by atoms with Crippen LogP contribution >= 0.6 is 0 Å². The number of nitrogens with zero attached hydrogens (tertiary/aromatic N) is 1. The predicted octanol–water partition coefficient (Wildman–Crippen LogP) is 2.76. The third-order valence-corrected chi connectivity index (χ3v) is 3.15. The molecule has 1 aliphatic rings. The van der Waals surface area contributed by atoms with Crippen molar-refractivity contribution in [2.45, 2.75) is 32.1 Å². The summed E-state index contributed by atoms with van der Waals surface area (Å²) in [5, 5.41) is 0. The molecule has 1 aliphatic carbocycles. The molecule has 2 rings (SSSR count). The Hall–Kier alpha value is -1.35. The van der Waals surface area contributed by atoms with Crippen molar-refractivity contribution in [2.75, 3.05) is 0 Å². The average Bonchev–Trinajstić information content (AvgIpc) is 2.38. The van der Waals surface area contributed by atoms with Gasteiger partial charge in [0.15, 0.2) is 0 Å². The van der Waals surface area contributed by atoms with Crippen LogP contribution < -0.4 is 11.3 Å². The van der Waals surface area contributed by atoms with Crippen LogP contribution in [0.5, 0.6) is 0 Å². The molecular weight excluding hydrogens is 198 g/mol. The molecule has 0 radical (unpaired) electrons. The lowest BCUT2D eigenvalue weighted by Gasteiger charge is -2.22. The lowest BCUT2D eigenvalue weighted by atomic mass is 9.88. The maximum atomic E-state index is 5.57. The molecule has 0 spiro atoms. The van der Waals surface area contributed by atoms with E-state index in [-0.39, 0.29) is 0 Å². The van der Waals surface area contributed by atoms with Gasteiger partial charge in [-0.15, -0.1) is 0 Å². The van der Waals surface area contributed by atoms with E-state index in [1.54, 1.807) is 0 Å². The third-order valence-electron chi connectivity index (χ3n) is 3.15. The number of benzene rings is 1. The number of nitrogens with one attached hydrogen (secondary N) is 1. The minimum atomic E-state index is 0.513. The molecule has 0 heterocycles. The van der Waals surface area contributed by atoms with E-state index in [0.29, 0.717) is 5.92 Å². The maximum absolute atomic E-state index is 5.57. The first-order valence-corrected chi connectivity index (χ1v) is 6.00. The molecule has 0 saturated heterocycles. The Balaban J connectivity index is 2.12. The van der Waals surface area contributed by atoms with Gasteiger partial charge in [-0.2, -0.15) is 0 Å². The minimum absolute atomic E-state index is 0.513. The van der Waals surface area contributed by atoms with E-state index >= 15 is 0 Å². The largest absolute Gasteiger partial charge is 0.312 e. The fourth-order valence-electron chi connectivity index (χ4n) is 2.26. The SMILES string of the molecule is NNC(=Nc1ccccc1)C1CCCCC1. The van der Waals surface area contributed by atoms with Crippen LogP contribution in [0.1, 0.15) is 32.1 Å². The van der Waals surface area contributed by atoms with Gasteiger partial charge >= 0.3 is 0 Å². The number of hydrogen-bond acceptors (Lipinski definition) is 2. The summed E-state index contributed by atoms with van der Waals surface area (Å²) >= 11 is 0. The molecule has 0 aromatic heterocycles. The van der Waals surface area contributed by atoms with Gasteiger partial charge in [0.05, 0.1) is 5.69 Å². The second-order valence-electron chi connectivity index (χ2n) is 4.31. The molecule has 0 bridgehead atoms. The van der Waals surface area contributed by atoms with Crippen molar-refractivity contribution in [3.63, 3.8) is 0 Å². The number of amidine groups is 1. The molecule has 86 valence electrons. The molecular formula is C13H19N3. The van der Waals surface area contributed by atoms with E-state index in [4.69, 9.17) is 5.84 Å². The first-order chi connectivity index (χ1) is 7.90. The summed E-state index contributed by atoms with van der Waals surface area (Å²) in [6.45, 7) is 0. The molecule has 16 heavy (non-hydrogen) atoms. The van der Waals surface area contributed by atoms with Gasteiger partial charge in [-0.25, -0.2) is 10.8 Å². The van der Waals surface area contributed by atoms with Crippen LogP contribution in [0.2, 0.25) is 0 Å². The fourth-order valence-corrected chi connectivity index (χ4v) is 2.26. The second-order valence-corrected chi connectivity index (χ2v) is 4.31. The van der Waals surface area contributed by atoms with Gasteiger partial charge in [0.2, 0.25) is 0 Å². The van der Waals surface area contributed by atoms with Crippen LogP contribution in [-0.4, -0.2) is 5.84 Å². The van der Waals surface area contributed by atoms with Crippen molar-refractivity contribution in [2.24, 2.45) is 16.8 Å². The summed E-state index contributed by atoms with van der Waals surface area (Å²) in [5.41, 5.74) is 3.74. The molecule has 1 saturated carbocycles. The Kier molecular flexibility index (Phi) is 3.94. The molecule has 1 aromatic carbocycles. The zero-order valence-corrected chi connectivity index (χ0v) is 9.52. The Morgan fingerprint density at radius 1 is 1.12 bits per heavy atom. The standard InChI is InChI=1S/C13H19N3/c14-16-13(11-7-3-1-4-8-11)15-12-9-5-2-6-10-12/h2,5-6,9-11H,1,3-4,7-8,14H2,(H,15,16). The monoisotopic (exact) mass is 217 g/mol. The number of nitrogens with two attached hydrogens (primary N) is 1. The topological polar surface area (TPSA) is 50.4 Å². The smallest absolute Gasteiger partial charge is 0.119 e. The summed E-state index contributed by atoms with van der Waals surface area (Å²) in [7, 11) is 0. The number of hydrazine groups is 1. The van der Waals surface area contributed by atoms with Gasteiger partial charge in [-0.1, -0.05) is 37.5 Å². The highest BCUT2D eigenvalue weighted by Crippen LogP contribution is 2.25. The zero-order chi connectivity index (χ0) is 11.2. The maximum Gasteiger partial charge on any atom is 0.119 e. The van der Waals surface area contributed by atoms with Gasteiger partial charge in [0.25, 0.3) is 0 Å². The molecule has 3 N–H and O–H groups in total. The lowest BCUT2D eigenvalue weighted by Crippen LogP contribution is -2.36. The van der Waals surface area contributed by atoms with Crippen LogP contribution in [-0.2, 0) is 0 Å². The summed E-state index contributed by atoms with van der Waals surface area (Å²) in [5.74, 6) is 7.02. The van der Waals surface area contributed by atoms with E-state index in [1.807, 2.05) is 30.3 Å². The highest BCUT2D eigenvalue weighted by Gasteiger charge is 2.18. The zero-order valence-electron chi connectivity index (χ0n) is 9.52. The van der Waals surface area contributed by atoms with Gasteiger partial charge in [-0.05, 0) is 25.0 Å². The molecule has 0 amide bonds. The fraction of sp³-hybridized carbons (Fsp3) is 0.462. The molecule has 3 heteroatoms. The Labute approximate surface area is 96.7 Å². The summed E-state index contributed by atoms with van der Waals surface area (Å²) in [6, 6.07) is 9.98. The number of para-hydroxylation sites is 1. The van der Waals surface area contributed by atoms with E-state index < -0.39 is 0 Å². The first-order valence-electron chi connectivity index (χ1n) is 6.00. The Bertz CT molecular complexity index is 339. The molecule has 0 unspecified atom stereocenters. The highest BCUT2D eigenvalue weighted by atomic mass is 15.3. The van der Waals surface area contributed by atoms with E-state index in [9.17, 15) is 0 Å². The number of rotatable bonds is 2. The van der Waals surface area contributed by atoms with Crippen molar-refractivity contribution in [1.82, 2.24) is 5.43 Å². The van der Waals surface area contributed by atoms with Gasteiger partial charge in [0, 0.05) is 5.92 Å². The highest BCUT2D eigenvalue weighted by molar-refractivity contribution is 5.86. The van der Waals surface area contributed by atoms with Crippen LogP contribution in [0.4, 0.5) is 5.69 Å². The lowest BCUT2D eigenvalue weighted by molar-refractivity contribution is 0.432. The minimum Gasteiger partial charge on any atom is -0.312 e. The molecule has 1 aromatic rings. The second kappa shape index (κ2) is 5.66. The Morgan fingerprint density at radius 3 is 2.44 bits per heavy atom. The average molecular weight is 217 g/mol. The van der Waals surface area contributed by atoms with Crippen LogP contribution in [0, 0.1) is 5.92 Å². The summed E-state index contributed by atoms with van der Waals surface area (Å²) in [6.07, 6.45) is 6.34. The van der Waals surface area contributed by atoms with Crippen LogP contribution in [0.25, 0.3) is 0 Å². The first kappa shape index (κ1) is 11.1. The van der Waals surface area contributed by atoms with Crippen molar-refractivity contribution < 1.29 is 0 Å². The van der Waals surface area contributed by atoms with E-state index in [2.05, 4.69) is 10.4 Å². The molecule has 0 aliphatic heterocycles. The molecule has 3 nitrogen and oxygen atoms in total. The van der Waals surface area contributed by atoms with Crippen molar-refractivity contribution in [1.29, 1.82) is 0 Å². The van der Waals surface area contributed by atoms with E-state index in [1.165, 1.54) is 32.1 Å². The molecule has 0 atom stereocenters. The van der Waals surface area contributed by atoms with Crippen molar-refractivity contribution >= 4 is 11.5 Å². The van der Waals surface area contributed by atoms with Crippen LogP contribution in [0.15, 0.2) is 35.3 Å². The quantitative estimate of drug-likeness (QED) is 0.346. The third kappa shape index (κ3) is 2.83. The van der Waals surface area contributed by atoms with E-state index in [0.717, 1.165) is 11.5 Å². The number of aliphatic imine (C=N–C) groups is 1. The summed E-state index contributed by atoms with van der Waals surface area (Å²) < 4.78 is 0. The van der Waals surface area contributed by atoms with Gasteiger partial charge in [0.1, 0.15) is 5.84 Å². The van der Waals surface area contributed by atoms with Gasteiger partial charge in [-0.3, -0.25) is 0 Å². The van der Waals surface area contributed by atoms with Gasteiger partial charge < -0.3 is 5.43 Å². The van der Waals surface area contributed by atoms with Crippen molar-refractivity contribution in [3.05, 3.63) is 30.3 Å². The summed E-state index contributed by atoms with van der Waals surface area (Å²) in [4.78, 5) is 4.58. The van der Waals surface area contributed by atoms with Crippen LogP contribution in [0.3, 0.4) is 0 Å². The predicted molar refractivity (Wildman–Crippen MR) is 67.4 cm³/mol. The normalized spacial score (nSPS) is 18.4. The molecule has 1 fully saturated rings. The number of hydrogen-bond donors (Lipinski definition) is 2.